The molecule has 0 aliphatic carbocycles. The van der Waals surface area contributed by atoms with E-state index in [-0.39, 0.29) is 17.7 Å². The standard InChI is InChI=1S/C29H31N3O3/c1-21(22-10-12-23(13-11-22)24-14-16-31(4)26(33)18-24)32-17-15-29(35-27(32)34,19-28(2,3)20-30)25-8-6-5-7-9-25/h5-14,16,18,21H,15,17,19H2,1-4H3/t21-,29+/m0/s1. The molecule has 180 valence electrons. The number of carbonyl (C=O) groups is 1. The van der Waals surface area contributed by atoms with Crippen molar-refractivity contribution in [3.63, 3.8) is 0 Å². The summed E-state index contributed by atoms with van der Waals surface area (Å²) >= 11 is 0. The minimum atomic E-state index is -0.836. The highest BCUT2D eigenvalue weighted by Gasteiger charge is 2.46. The third kappa shape index (κ3) is 5.00. The number of nitriles is 1. The second kappa shape index (κ2) is 9.42. The van der Waals surface area contributed by atoms with Crippen LogP contribution in [0.25, 0.3) is 11.1 Å². The maximum atomic E-state index is 13.3. The predicted molar refractivity (Wildman–Crippen MR) is 135 cm³/mol. The first-order valence-corrected chi connectivity index (χ1v) is 11.9. The largest absolute Gasteiger partial charge is 0.438 e. The summed E-state index contributed by atoms with van der Waals surface area (Å²) in [5.41, 5.74) is 2.17. The van der Waals surface area contributed by atoms with E-state index >= 15 is 0 Å². The summed E-state index contributed by atoms with van der Waals surface area (Å²) in [4.78, 5) is 27.0. The van der Waals surface area contributed by atoms with E-state index in [1.165, 1.54) is 4.57 Å². The number of nitrogens with zero attached hydrogens (tertiary/aromatic N) is 3. The number of rotatable bonds is 6. The molecule has 1 fully saturated rings. The molecular formula is C29H31N3O3. The number of pyridine rings is 1. The molecule has 0 N–H and O–H groups in total. The first kappa shape index (κ1) is 24.3. The SMILES string of the molecule is C[C@@H](c1ccc(-c2ccn(C)c(=O)c2)cc1)N1CC[C@@](CC(C)(C)C#N)(c2ccccc2)OC1=O. The fourth-order valence-electron chi connectivity index (χ4n) is 4.81. The number of benzene rings is 2. The molecule has 0 saturated carbocycles. The van der Waals surface area contributed by atoms with Crippen molar-refractivity contribution in [2.75, 3.05) is 6.54 Å². The Morgan fingerprint density at radius 1 is 1.06 bits per heavy atom. The van der Waals surface area contributed by atoms with Gasteiger partial charge in [0, 0.05) is 38.7 Å². The Morgan fingerprint density at radius 3 is 2.34 bits per heavy atom. The van der Waals surface area contributed by atoms with Gasteiger partial charge in [0.15, 0.2) is 0 Å². The zero-order valence-corrected chi connectivity index (χ0v) is 20.7. The summed E-state index contributed by atoms with van der Waals surface area (Å²) < 4.78 is 7.71. The van der Waals surface area contributed by atoms with E-state index in [1.54, 1.807) is 24.2 Å². The van der Waals surface area contributed by atoms with Crippen LogP contribution in [0.4, 0.5) is 4.79 Å². The summed E-state index contributed by atoms with van der Waals surface area (Å²) in [5.74, 6) is 0. The summed E-state index contributed by atoms with van der Waals surface area (Å²) in [6.07, 6.45) is 2.41. The first-order chi connectivity index (χ1) is 16.6. The number of carbonyl (C=O) groups excluding carboxylic acids is 1. The highest BCUT2D eigenvalue weighted by molar-refractivity contribution is 5.70. The van der Waals surface area contributed by atoms with Gasteiger partial charge in [-0.05, 0) is 49.1 Å². The molecule has 6 heteroatoms. The third-order valence-electron chi connectivity index (χ3n) is 6.90. The fraction of sp³-hybridized carbons (Fsp3) is 0.345. The molecule has 0 bridgehead atoms. The Balaban J connectivity index is 1.55. The van der Waals surface area contributed by atoms with Crippen molar-refractivity contribution in [1.82, 2.24) is 9.47 Å². The van der Waals surface area contributed by atoms with Crippen molar-refractivity contribution in [3.8, 4) is 17.2 Å². The molecule has 1 aliphatic heterocycles. The van der Waals surface area contributed by atoms with Gasteiger partial charge in [0.25, 0.3) is 5.56 Å². The second-order valence-corrected chi connectivity index (χ2v) is 10.0. The molecule has 2 atom stereocenters. The van der Waals surface area contributed by atoms with Crippen LogP contribution in [0.1, 0.15) is 50.8 Å². The average molecular weight is 470 g/mol. The van der Waals surface area contributed by atoms with E-state index in [9.17, 15) is 14.9 Å². The van der Waals surface area contributed by atoms with E-state index in [4.69, 9.17) is 4.74 Å². The van der Waals surface area contributed by atoms with Gasteiger partial charge < -0.3 is 14.2 Å². The molecule has 1 amide bonds. The van der Waals surface area contributed by atoms with Crippen LogP contribution in [0.3, 0.4) is 0 Å². The Morgan fingerprint density at radius 2 is 1.74 bits per heavy atom. The summed E-state index contributed by atoms with van der Waals surface area (Å²) in [6.45, 7) is 6.27. The van der Waals surface area contributed by atoms with Crippen molar-refractivity contribution in [2.24, 2.45) is 12.5 Å². The second-order valence-electron chi connectivity index (χ2n) is 10.0. The zero-order valence-electron chi connectivity index (χ0n) is 20.7. The van der Waals surface area contributed by atoms with Gasteiger partial charge >= 0.3 is 6.09 Å². The Hall–Kier alpha value is -3.85. The molecule has 35 heavy (non-hydrogen) atoms. The van der Waals surface area contributed by atoms with Gasteiger partial charge in [-0.1, -0.05) is 54.6 Å². The van der Waals surface area contributed by atoms with Crippen LogP contribution >= 0.6 is 0 Å². The Labute approximate surface area is 206 Å². The monoisotopic (exact) mass is 469 g/mol. The van der Waals surface area contributed by atoms with E-state index in [0.29, 0.717) is 19.4 Å². The van der Waals surface area contributed by atoms with E-state index in [2.05, 4.69) is 6.07 Å². The maximum absolute atomic E-state index is 13.3. The van der Waals surface area contributed by atoms with Gasteiger partial charge in [-0.15, -0.1) is 0 Å². The number of amides is 1. The number of cyclic esters (lactones) is 1. The molecule has 2 heterocycles. The molecule has 0 spiro atoms. The van der Waals surface area contributed by atoms with Crippen molar-refractivity contribution < 1.29 is 9.53 Å². The molecule has 0 radical (unpaired) electrons. The highest BCUT2D eigenvalue weighted by atomic mass is 16.6. The first-order valence-electron chi connectivity index (χ1n) is 11.9. The molecule has 1 saturated heterocycles. The molecule has 1 aliphatic rings. The fourth-order valence-corrected chi connectivity index (χ4v) is 4.81. The molecular weight excluding hydrogens is 438 g/mol. The molecule has 3 aromatic rings. The van der Waals surface area contributed by atoms with Crippen molar-refractivity contribution in [2.45, 2.75) is 45.3 Å². The van der Waals surface area contributed by atoms with E-state index < -0.39 is 11.0 Å². The van der Waals surface area contributed by atoms with Gasteiger partial charge in [0.2, 0.25) is 0 Å². The molecule has 0 unspecified atom stereocenters. The number of hydrogen-bond acceptors (Lipinski definition) is 4. The normalized spacial score (nSPS) is 19.1. The predicted octanol–water partition coefficient (Wildman–Crippen LogP) is 5.79. The van der Waals surface area contributed by atoms with Crippen LogP contribution < -0.4 is 5.56 Å². The third-order valence-corrected chi connectivity index (χ3v) is 6.90. The minimum absolute atomic E-state index is 0.0579. The van der Waals surface area contributed by atoms with Gasteiger partial charge in [-0.2, -0.15) is 5.26 Å². The van der Waals surface area contributed by atoms with Gasteiger partial charge in [-0.25, -0.2) is 4.79 Å². The average Bonchev–Trinajstić information content (AvgIpc) is 2.86. The smallest absolute Gasteiger partial charge is 0.411 e. The van der Waals surface area contributed by atoms with Crippen LogP contribution in [0.15, 0.2) is 77.7 Å². The lowest BCUT2D eigenvalue weighted by molar-refractivity contribution is -0.0770. The lowest BCUT2D eigenvalue weighted by Crippen LogP contribution is -2.50. The Kier molecular flexibility index (Phi) is 6.53. The van der Waals surface area contributed by atoms with Gasteiger partial charge in [0.1, 0.15) is 5.60 Å². The van der Waals surface area contributed by atoms with Crippen LogP contribution in [-0.4, -0.2) is 22.1 Å². The highest BCUT2D eigenvalue weighted by Crippen LogP contribution is 2.44. The maximum Gasteiger partial charge on any atom is 0.411 e. The number of ether oxygens (including phenoxy) is 1. The lowest BCUT2D eigenvalue weighted by atomic mass is 9.75. The lowest BCUT2D eigenvalue weighted by Gasteiger charge is -2.45. The summed E-state index contributed by atoms with van der Waals surface area (Å²) in [7, 11) is 1.72. The molecule has 6 nitrogen and oxygen atoms in total. The number of aryl methyl sites for hydroxylation is 1. The van der Waals surface area contributed by atoms with Crippen LogP contribution in [0, 0.1) is 16.7 Å². The minimum Gasteiger partial charge on any atom is -0.438 e. The molecule has 1 aromatic heterocycles. The summed E-state index contributed by atoms with van der Waals surface area (Å²) in [5, 5.41) is 9.65. The Bertz CT molecular complexity index is 1310. The quantitative estimate of drug-likeness (QED) is 0.458. The van der Waals surface area contributed by atoms with Crippen molar-refractivity contribution in [3.05, 3.63) is 94.4 Å². The number of hydrogen-bond donors (Lipinski definition) is 0. The zero-order chi connectivity index (χ0) is 25.2. The molecule has 4 rings (SSSR count). The summed E-state index contributed by atoms with van der Waals surface area (Å²) in [6, 6.07) is 23.4. The van der Waals surface area contributed by atoms with Crippen molar-refractivity contribution >= 4 is 6.09 Å². The van der Waals surface area contributed by atoms with E-state index in [0.717, 1.165) is 22.3 Å². The van der Waals surface area contributed by atoms with Crippen LogP contribution in [-0.2, 0) is 17.4 Å². The van der Waals surface area contributed by atoms with Crippen LogP contribution in [0.2, 0.25) is 0 Å². The van der Waals surface area contributed by atoms with E-state index in [1.807, 2.05) is 81.4 Å². The molecule has 2 aromatic carbocycles. The number of aromatic nitrogens is 1. The van der Waals surface area contributed by atoms with Crippen LogP contribution in [0.5, 0.6) is 0 Å². The topological polar surface area (TPSA) is 75.3 Å². The van der Waals surface area contributed by atoms with Gasteiger partial charge in [-0.3, -0.25) is 4.79 Å². The van der Waals surface area contributed by atoms with Gasteiger partial charge in [0.05, 0.1) is 17.5 Å². The van der Waals surface area contributed by atoms with Crippen molar-refractivity contribution in [1.29, 1.82) is 5.26 Å².